The van der Waals surface area contributed by atoms with Gasteiger partial charge in [-0.3, -0.25) is 24.1 Å². The SMILES string of the molecule is O=C(COc1ccccc1[C@H]1c2sc(=O)[nH]c2SC2C3CC(C4C(=O)N(c5cccc(C(F)(F)F)c5)C(=O)C34)C21)Nc1ccc(O)cc1. The number of ether oxygens (including phenoxy) is 1. The number of aromatic amines is 1. The van der Waals surface area contributed by atoms with Crippen LogP contribution in [0.15, 0.2) is 82.6 Å². The van der Waals surface area contributed by atoms with E-state index in [4.69, 9.17) is 4.74 Å². The summed E-state index contributed by atoms with van der Waals surface area (Å²) in [6, 6.07) is 17.5. The highest BCUT2D eigenvalue weighted by Crippen LogP contribution is 2.69. The number of thioether (sulfide) groups is 1. The molecule has 7 atom stereocenters. The molecular formula is C34H26F3N3O6S2. The number of para-hydroxylation sites is 1. The number of halogens is 3. The second-order valence-electron chi connectivity index (χ2n) is 12.4. The number of benzene rings is 3. The standard InChI is InChI=1S/C34H26F3N3O6S2/c35-34(36,37)15-4-3-5-17(12-15)40-31(43)26-20-13-21(27(26)32(40)44)28-25(20)24(29-30(47-28)39-33(45)48-29)19-6-1-2-7-22(19)46-14-23(42)38-16-8-10-18(41)11-9-16/h1-12,20-21,24-28,41H,13-14H2,(H,38,42)(H,39,45)/t20?,21?,24-,25?,26?,27?,28?/m1/s1. The van der Waals surface area contributed by atoms with E-state index in [1.165, 1.54) is 36.0 Å². The number of amides is 3. The first kappa shape index (κ1) is 30.8. The number of imide groups is 1. The van der Waals surface area contributed by atoms with Gasteiger partial charge in [-0.2, -0.15) is 13.2 Å². The zero-order chi connectivity index (χ0) is 33.5. The predicted molar refractivity (Wildman–Crippen MR) is 171 cm³/mol. The summed E-state index contributed by atoms with van der Waals surface area (Å²) in [6.07, 6.45) is -4.04. The van der Waals surface area contributed by atoms with Crippen molar-refractivity contribution >= 4 is 52.2 Å². The molecule has 2 bridgehead atoms. The highest BCUT2D eigenvalue weighted by molar-refractivity contribution is 8.00. The van der Waals surface area contributed by atoms with Gasteiger partial charge in [-0.25, -0.2) is 0 Å². The minimum atomic E-state index is -4.63. The Morgan fingerprint density at radius 1 is 0.979 bits per heavy atom. The van der Waals surface area contributed by atoms with Crippen LogP contribution in [0.2, 0.25) is 0 Å². The van der Waals surface area contributed by atoms with E-state index in [9.17, 15) is 37.5 Å². The summed E-state index contributed by atoms with van der Waals surface area (Å²) in [5.74, 6) is -3.38. The number of carbonyl (C=O) groups is 3. The van der Waals surface area contributed by atoms with Crippen molar-refractivity contribution in [3.8, 4) is 11.5 Å². The number of H-pyrrole nitrogens is 1. The molecule has 2 saturated carbocycles. The Morgan fingerprint density at radius 2 is 1.71 bits per heavy atom. The third-order valence-electron chi connectivity index (χ3n) is 9.92. The van der Waals surface area contributed by atoms with Gasteiger partial charge in [0.2, 0.25) is 11.8 Å². The molecule has 3 fully saturated rings. The van der Waals surface area contributed by atoms with E-state index in [-0.39, 0.29) is 45.9 Å². The minimum Gasteiger partial charge on any atom is -0.508 e. The summed E-state index contributed by atoms with van der Waals surface area (Å²) in [5, 5.41) is 12.8. The van der Waals surface area contributed by atoms with Gasteiger partial charge in [0.25, 0.3) is 5.91 Å². The van der Waals surface area contributed by atoms with Crippen molar-refractivity contribution in [1.82, 2.24) is 4.98 Å². The smallest absolute Gasteiger partial charge is 0.416 e. The Labute approximate surface area is 279 Å². The first-order valence-corrected chi connectivity index (χ1v) is 16.9. The highest BCUT2D eigenvalue weighted by atomic mass is 32.2. The third kappa shape index (κ3) is 4.91. The number of hydrogen-bond donors (Lipinski definition) is 3. The van der Waals surface area contributed by atoms with Crippen molar-refractivity contribution in [3.63, 3.8) is 0 Å². The second-order valence-corrected chi connectivity index (χ2v) is 14.6. The number of aromatic nitrogens is 1. The van der Waals surface area contributed by atoms with Gasteiger partial charge in [0.1, 0.15) is 11.5 Å². The number of phenolic OH excluding ortho intramolecular Hbond substituents is 1. The van der Waals surface area contributed by atoms with Crippen molar-refractivity contribution in [1.29, 1.82) is 0 Å². The lowest BCUT2D eigenvalue weighted by Crippen LogP contribution is -2.42. The zero-order valence-electron chi connectivity index (χ0n) is 24.8. The van der Waals surface area contributed by atoms with Crippen LogP contribution in [0.25, 0.3) is 0 Å². The van der Waals surface area contributed by atoms with Gasteiger partial charge < -0.3 is 20.1 Å². The molecule has 2 aliphatic heterocycles. The maximum absolute atomic E-state index is 14.0. The predicted octanol–water partition coefficient (Wildman–Crippen LogP) is 5.86. The van der Waals surface area contributed by atoms with E-state index in [1.807, 2.05) is 12.1 Å². The molecule has 2 aliphatic carbocycles. The molecule has 4 aliphatic rings. The average Bonchev–Trinajstić information content (AvgIpc) is 3.79. The Kier molecular flexibility index (Phi) is 7.22. The maximum atomic E-state index is 14.0. The van der Waals surface area contributed by atoms with Gasteiger partial charge in [0, 0.05) is 27.3 Å². The minimum absolute atomic E-state index is 0.0625. The molecule has 4 aromatic rings. The number of nitrogens with zero attached hydrogens (tertiary/aromatic N) is 1. The molecule has 14 heteroatoms. The fourth-order valence-electron chi connectivity index (χ4n) is 8.19. The van der Waals surface area contributed by atoms with Crippen molar-refractivity contribution < 1.29 is 37.4 Å². The fraction of sp³-hybridized carbons (Fsp3) is 0.294. The van der Waals surface area contributed by atoms with Gasteiger partial charge >= 0.3 is 11.0 Å². The van der Waals surface area contributed by atoms with Crippen LogP contribution in [-0.2, 0) is 20.6 Å². The number of aromatic hydroxyl groups is 1. The molecule has 6 unspecified atom stereocenters. The number of alkyl halides is 3. The van der Waals surface area contributed by atoms with Crippen LogP contribution in [0.1, 0.15) is 28.3 Å². The molecule has 3 heterocycles. The summed E-state index contributed by atoms with van der Waals surface area (Å²) in [5.41, 5.74) is 0.188. The molecule has 48 heavy (non-hydrogen) atoms. The van der Waals surface area contributed by atoms with Gasteiger partial charge in [0.05, 0.1) is 28.1 Å². The second kappa shape index (κ2) is 11.3. The monoisotopic (exact) mass is 693 g/mol. The molecule has 9 nitrogen and oxygen atoms in total. The van der Waals surface area contributed by atoms with E-state index < -0.39 is 47.2 Å². The van der Waals surface area contributed by atoms with Crippen LogP contribution in [0.4, 0.5) is 24.5 Å². The number of rotatable bonds is 6. The number of anilines is 2. The molecule has 1 aromatic heterocycles. The summed E-state index contributed by atoms with van der Waals surface area (Å²) >= 11 is 2.57. The normalized spacial score (nSPS) is 27.1. The molecule has 246 valence electrons. The molecule has 0 radical (unpaired) electrons. The summed E-state index contributed by atoms with van der Waals surface area (Å²) in [6.45, 7) is -0.320. The molecule has 3 aromatic carbocycles. The van der Waals surface area contributed by atoms with E-state index in [0.717, 1.165) is 38.8 Å². The molecule has 3 amide bonds. The van der Waals surface area contributed by atoms with Crippen LogP contribution in [-0.4, -0.2) is 39.7 Å². The number of phenols is 1. The van der Waals surface area contributed by atoms with Gasteiger partial charge in [0.15, 0.2) is 6.61 Å². The molecule has 0 spiro atoms. The van der Waals surface area contributed by atoms with Crippen molar-refractivity contribution in [2.45, 2.75) is 28.8 Å². The maximum Gasteiger partial charge on any atom is 0.416 e. The Balaban J connectivity index is 1.12. The van der Waals surface area contributed by atoms with E-state index in [0.29, 0.717) is 22.9 Å². The lowest BCUT2D eigenvalue weighted by molar-refractivity contribution is -0.137. The molecule has 8 rings (SSSR count). The van der Waals surface area contributed by atoms with Crippen LogP contribution in [0.3, 0.4) is 0 Å². The molecule has 1 saturated heterocycles. The lowest BCUT2D eigenvalue weighted by Gasteiger charge is -2.43. The number of fused-ring (bicyclic) bond motifs is 9. The first-order chi connectivity index (χ1) is 23.0. The summed E-state index contributed by atoms with van der Waals surface area (Å²) in [7, 11) is 0. The highest BCUT2D eigenvalue weighted by Gasteiger charge is 2.70. The van der Waals surface area contributed by atoms with Crippen molar-refractivity contribution in [2.75, 3.05) is 16.8 Å². The van der Waals surface area contributed by atoms with Crippen LogP contribution in [0, 0.1) is 29.6 Å². The summed E-state index contributed by atoms with van der Waals surface area (Å²) in [4.78, 5) is 57.8. The number of hydrogen-bond acceptors (Lipinski definition) is 8. The Hall–Kier alpha value is -4.56. The van der Waals surface area contributed by atoms with Gasteiger partial charge in [-0.05, 0) is 72.7 Å². The first-order valence-electron chi connectivity index (χ1n) is 15.2. The summed E-state index contributed by atoms with van der Waals surface area (Å²) < 4.78 is 46.7. The van der Waals surface area contributed by atoms with E-state index in [2.05, 4.69) is 10.3 Å². The average molecular weight is 694 g/mol. The largest absolute Gasteiger partial charge is 0.508 e. The zero-order valence-corrected chi connectivity index (χ0v) is 26.4. The molecule has 3 N–H and O–H groups in total. The molecular weight excluding hydrogens is 668 g/mol. The quantitative estimate of drug-likeness (QED) is 0.171. The van der Waals surface area contributed by atoms with E-state index >= 15 is 0 Å². The van der Waals surface area contributed by atoms with Gasteiger partial charge in [-0.1, -0.05) is 35.6 Å². The van der Waals surface area contributed by atoms with Crippen LogP contribution >= 0.6 is 23.1 Å². The number of carbonyl (C=O) groups excluding carboxylic acids is 3. The third-order valence-corrected chi connectivity index (χ3v) is 12.5. The number of thiazole rings is 1. The Morgan fingerprint density at radius 3 is 2.46 bits per heavy atom. The van der Waals surface area contributed by atoms with Crippen LogP contribution < -0.4 is 19.8 Å². The van der Waals surface area contributed by atoms with Crippen LogP contribution in [0.5, 0.6) is 11.5 Å². The van der Waals surface area contributed by atoms with Crippen molar-refractivity contribution in [2.24, 2.45) is 29.6 Å². The lowest BCUT2D eigenvalue weighted by atomic mass is 9.68. The van der Waals surface area contributed by atoms with Crippen molar-refractivity contribution in [3.05, 3.63) is 98.5 Å². The van der Waals surface area contributed by atoms with E-state index in [1.54, 1.807) is 24.3 Å². The Bertz CT molecular complexity index is 2030. The fourth-order valence-corrected chi connectivity index (χ4v) is 11.1. The topological polar surface area (TPSA) is 129 Å². The number of nitrogens with one attached hydrogen (secondary N) is 2. The van der Waals surface area contributed by atoms with Gasteiger partial charge in [-0.15, -0.1) is 11.8 Å².